The third kappa shape index (κ3) is 5.83. The lowest BCUT2D eigenvalue weighted by atomic mass is 9.34. The number of hydrogen-bond donors (Lipinski definition) is 2. The number of para-hydroxylation sites is 1. The molecule has 5 aliphatic carbocycles. The molecule has 4 saturated carbocycles. The van der Waals surface area contributed by atoms with E-state index in [0.29, 0.717) is 54.0 Å². The summed E-state index contributed by atoms with van der Waals surface area (Å²) in [5.74, 6) is 1.14. The topological polar surface area (TPSA) is 117 Å². The molecule has 10 heteroatoms. The molecule has 0 saturated heterocycles. The second kappa shape index (κ2) is 14.2. The fraction of sp³-hybridized carbons (Fsp3) is 0.688. The largest absolute Gasteiger partial charge is 0.462 e. The van der Waals surface area contributed by atoms with Crippen LogP contribution in [0.2, 0.25) is 0 Å². The molecule has 10 nitrogen and oxygen atoms in total. The van der Waals surface area contributed by atoms with E-state index in [1.54, 1.807) is 6.92 Å². The molecule has 7 aliphatic rings. The van der Waals surface area contributed by atoms with Crippen molar-refractivity contribution in [2.75, 3.05) is 37.7 Å². The van der Waals surface area contributed by atoms with Gasteiger partial charge in [0.25, 0.3) is 5.91 Å². The van der Waals surface area contributed by atoms with Crippen molar-refractivity contribution in [2.45, 2.75) is 126 Å². The highest BCUT2D eigenvalue weighted by Crippen LogP contribution is 2.76. The van der Waals surface area contributed by atoms with Gasteiger partial charge in [-0.05, 0) is 124 Å². The van der Waals surface area contributed by atoms with Gasteiger partial charge in [-0.15, -0.1) is 0 Å². The van der Waals surface area contributed by atoms with Crippen molar-refractivity contribution < 1.29 is 28.5 Å². The molecular weight excluding hydrogens is 727 g/mol. The molecule has 4 fully saturated rings. The number of nitrogens with zero attached hydrogens (tertiary/aromatic N) is 3. The lowest BCUT2D eigenvalue weighted by Gasteiger charge is -2.70. The second-order valence-electron chi connectivity index (χ2n) is 20.5. The number of quaternary nitrogens is 1. The zero-order chi connectivity index (χ0) is 41.6. The first-order valence-corrected chi connectivity index (χ1v) is 22.4. The summed E-state index contributed by atoms with van der Waals surface area (Å²) < 4.78 is 6.49. The van der Waals surface area contributed by atoms with E-state index in [2.05, 4.69) is 76.1 Å². The van der Waals surface area contributed by atoms with Gasteiger partial charge in [0.2, 0.25) is 11.7 Å². The first kappa shape index (κ1) is 41.0. The Morgan fingerprint density at radius 3 is 2.31 bits per heavy atom. The molecule has 0 spiro atoms. The molecule has 2 heterocycles. The van der Waals surface area contributed by atoms with Gasteiger partial charge in [-0.1, -0.05) is 69.6 Å². The monoisotopic (exact) mass is 795 g/mol. The highest BCUT2D eigenvalue weighted by atomic mass is 16.5. The smallest absolute Gasteiger partial charge is 0.302 e. The number of rotatable bonds is 9. The van der Waals surface area contributed by atoms with Crippen LogP contribution in [0.1, 0.15) is 126 Å². The fourth-order valence-corrected chi connectivity index (χ4v) is 14.5. The number of allylic oxidation sites excluding steroid dienone is 2. The summed E-state index contributed by atoms with van der Waals surface area (Å²) in [6.07, 6.45) is 12.5. The summed E-state index contributed by atoms with van der Waals surface area (Å²) >= 11 is 0. The average molecular weight is 795 g/mol. The van der Waals surface area contributed by atoms with Gasteiger partial charge in [0, 0.05) is 37.3 Å². The molecule has 2 aliphatic heterocycles. The Labute approximate surface area is 346 Å². The Bertz CT molecular complexity index is 2000. The maximum Gasteiger partial charge on any atom is 0.302 e. The molecule has 2 amide bonds. The van der Waals surface area contributed by atoms with Gasteiger partial charge in [0.15, 0.2) is 6.67 Å². The zero-order valence-corrected chi connectivity index (χ0v) is 36.6. The maximum atomic E-state index is 14.7. The number of ether oxygens (including phenoxy) is 1. The lowest BCUT2D eigenvalue weighted by Crippen LogP contribution is -2.65. The lowest BCUT2D eigenvalue weighted by molar-refractivity contribution is -0.925. The standard InChI is InChI=1S/C48H67N5O5/c1-10-53(11-2)29-52-36-15-13-12-14-32(36)28-34(41(52)51-53)42(56)49-26-27-50-43(57)48-23-18-33(30(3)54)40(48)35-16-17-38-45(7)21-20-39(58-31(4)55)44(5,6)37(45)19-22-47(38,9)46(35,8)24-25-48/h12-16,28,33,37-40H,10-11,17-27,29H2,1-9H3,(H-,49,50,56,57)/p+1/t33-,37-,38+,39-,40+,45-,46+,47+,48-/m0/s1. The van der Waals surface area contributed by atoms with Gasteiger partial charge in [-0.2, -0.15) is 4.59 Å². The minimum absolute atomic E-state index is 0.0177. The van der Waals surface area contributed by atoms with E-state index in [1.165, 1.54) is 12.5 Å². The number of benzene rings is 1. The number of nitrogens with one attached hydrogen (secondary N) is 2. The van der Waals surface area contributed by atoms with Crippen LogP contribution in [0.3, 0.4) is 0 Å². The van der Waals surface area contributed by atoms with E-state index in [9.17, 15) is 19.2 Å². The molecule has 0 unspecified atom stereocenters. The Hall–Kier alpha value is -3.79. The zero-order valence-electron chi connectivity index (χ0n) is 36.6. The van der Waals surface area contributed by atoms with Gasteiger partial charge in [0.1, 0.15) is 25.0 Å². The van der Waals surface area contributed by atoms with E-state index >= 15 is 0 Å². The molecule has 0 bridgehead atoms. The summed E-state index contributed by atoms with van der Waals surface area (Å²) in [4.78, 5) is 56.3. The summed E-state index contributed by atoms with van der Waals surface area (Å²) in [5, 5.41) is 11.5. The average Bonchev–Trinajstić information content (AvgIpc) is 3.79. The summed E-state index contributed by atoms with van der Waals surface area (Å²) in [6.45, 7) is 22.7. The minimum atomic E-state index is -0.643. The first-order valence-electron chi connectivity index (χ1n) is 22.4. The Kier molecular flexibility index (Phi) is 10.0. The molecule has 0 radical (unpaired) electrons. The van der Waals surface area contributed by atoms with E-state index in [4.69, 9.17) is 9.84 Å². The quantitative estimate of drug-likeness (QED) is 0.114. The van der Waals surface area contributed by atoms with Crippen LogP contribution in [0.4, 0.5) is 5.69 Å². The number of fused-ring (bicyclic) bond motifs is 10. The van der Waals surface area contributed by atoms with E-state index in [0.717, 1.165) is 75.7 Å². The molecule has 2 N–H and O–H groups in total. The number of ketones is 1. The number of anilines is 1. The molecule has 9 atom stereocenters. The first-order chi connectivity index (χ1) is 27.4. The van der Waals surface area contributed by atoms with Gasteiger partial charge < -0.3 is 15.4 Å². The van der Waals surface area contributed by atoms with Crippen LogP contribution in [0.25, 0.3) is 6.08 Å². The molecule has 0 aromatic heterocycles. The van der Waals surface area contributed by atoms with Gasteiger partial charge in [0.05, 0.1) is 16.7 Å². The molecular formula is C48H68N5O5+. The number of carbonyl (C=O) groups is 4. The van der Waals surface area contributed by atoms with E-state index in [-0.39, 0.29) is 63.2 Å². The van der Waals surface area contributed by atoms with Crippen molar-refractivity contribution in [1.29, 1.82) is 0 Å². The highest BCUT2D eigenvalue weighted by molar-refractivity contribution is 6.31. The van der Waals surface area contributed by atoms with Crippen molar-refractivity contribution in [3.05, 3.63) is 47.1 Å². The summed E-state index contributed by atoms with van der Waals surface area (Å²) in [7, 11) is 0. The number of amides is 2. The Balaban J connectivity index is 1.00. The van der Waals surface area contributed by atoms with Crippen LogP contribution in [-0.2, 0) is 23.9 Å². The van der Waals surface area contributed by atoms with Crippen molar-refractivity contribution in [2.24, 2.45) is 55.8 Å². The minimum Gasteiger partial charge on any atom is -0.462 e. The number of carbonyl (C=O) groups excluding carboxylic acids is 4. The van der Waals surface area contributed by atoms with E-state index < -0.39 is 5.41 Å². The van der Waals surface area contributed by atoms with Gasteiger partial charge >= 0.3 is 5.97 Å². The Morgan fingerprint density at radius 1 is 0.879 bits per heavy atom. The second-order valence-corrected chi connectivity index (χ2v) is 20.5. The van der Waals surface area contributed by atoms with Gasteiger partial charge in [-0.25, -0.2) is 0 Å². The predicted octanol–water partition coefficient (Wildman–Crippen LogP) is 7.79. The molecule has 314 valence electrons. The summed E-state index contributed by atoms with van der Waals surface area (Å²) in [6, 6.07) is 8.15. The number of amidine groups is 1. The highest BCUT2D eigenvalue weighted by Gasteiger charge is 2.70. The molecule has 1 aromatic carbocycles. The van der Waals surface area contributed by atoms with Crippen molar-refractivity contribution in [1.82, 2.24) is 10.6 Å². The normalized spacial score (nSPS) is 37.6. The van der Waals surface area contributed by atoms with Crippen LogP contribution in [0.5, 0.6) is 0 Å². The number of esters is 1. The molecule has 8 rings (SSSR count). The van der Waals surface area contributed by atoms with Crippen LogP contribution in [0, 0.1) is 50.7 Å². The number of Topliss-reactive ketones (excluding diaryl/α,β-unsaturated/α-hetero) is 1. The third-order valence-electron chi connectivity index (χ3n) is 17.9. The van der Waals surface area contributed by atoms with Crippen molar-refractivity contribution in [3.63, 3.8) is 0 Å². The van der Waals surface area contributed by atoms with Crippen LogP contribution >= 0.6 is 0 Å². The SMILES string of the molecule is CC[N+]1(CC)CN2C(=N1)C(C(=O)NCCNC(=O)[C@]13CC[C@@H](C(C)=O)[C@@H]1C1=CC[C@@H]4[C@@]5(C)CC[C@H](OC(C)=O)C(C)(C)[C@@H]5CC[C@@]4(C)[C@]1(C)CC3)=Cc1ccccc12. The predicted molar refractivity (Wildman–Crippen MR) is 227 cm³/mol. The van der Waals surface area contributed by atoms with E-state index in [1.807, 2.05) is 24.3 Å². The fourth-order valence-electron chi connectivity index (χ4n) is 14.5. The van der Waals surface area contributed by atoms with Crippen molar-refractivity contribution >= 4 is 41.2 Å². The molecule has 58 heavy (non-hydrogen) atoms. The maximum absolute atomic E-state index is 14.7. The van der Waals surface area contributed by atoms with Crippen LogP contribution in [-0.4, -0.2) is 72.9 Å². The van der Waals surface area contributed by atoms with Gasteiger partial charge in [-0.3, -0.25) is 24.1 Å². The van der Waals surface area contributed by atoms with Crippen molar-refractivity contribution in [3.8, 4) is 0 Å². The third-order valence-corrected chi connectivity index (χ3v) is 17.9. The van der Waals surface area contributed by atoms with Crippen LogP contribution in [0.15, 0.2) is 46.6 Å². The Morgan fingerprint density at radius 2 is 1.60 bits per heavy atom. The van der Waals surface area contributed by atoms with Crippen LogP contribution < -0.4 is 15.5 Å². The summed E-state index contributed by atoms with van der Waals surface area (Å²) in [5.41, 5.74) is 3.20. The molecule has 1 aromatic rings. The number of hydrogen-bond acceptors (Lipinski definition) is 7.